The first kappa shape index (κ1) is 13.6. The van der Waals surface area contributed by atoms with Crippen LogP contribution in [0, 0.1) is 5.92 Å². The minimum atomic E-state index is -0.330. The normalized spacial score (nSPS) is 32.2. The summed E-state index contributed by atoms with van der Waals surface area (Å²) in [5.41, 5.74) is 1.00. The molecule has 0 fully saturated rings. The molecule has 0 N–H and O–H groups in total. The number of ether oxygens (including phenoxy) is 1. The molecule has 2 aliphatic carbocycles. The second-order valence-electron chi connectivity index (χ2n) is 4.48. The first-order valence-corrected chi connectivity index (χ1v) is 6.74. The summed E-state index contributed by atoms with van der Waals surface area (Å²) in [6, 6.07) is 0. The summed E-state index contributed by atoms with van der Waals surface area (Å²) in [6.07, 6.45) is 2.26. The average Bonchev–Trinajstić information content (AvgIpc) is 2.36. The number of rotatable bonds is 2. The summed E-state index contributed by atoms with van der Waals surface area (Å²) in [7, 11) is 1.38. The molecule has 0 saturated heterocycles. The van der Waals surface area contributed by atoms with Gasteiger partial charge in [0.2, 0.25) is 5.78 Å². The number of halogens is 2. The third kappa shape index (κ3) is 1.99. The van der Waals surface area contributed by atoms with Gasteiger partial charge in [-0.05, 0) is 12.8 Å². The highest BCUT2D eigenvalue weighted by atomic mass is 35.5. The topological polar surface area (TPSA) is 43.4 Å². The van der Waals surface area contributed by atoms with Gasteiger partial charge in [0, 0.05) is 23.1 Å². The van der Waals surface area contributed by atoms with E-state index >= 15 is 0 Å². The molecule has 0 heterocycles. The molecule has 0 spiro atoms. The quantitative estimate of drug-likeness (QED) is 0.579. The highest BCUT2D eigenvalue weighted by molar-refractivity contribution is 6.32. The minimum absolute atomic E-state index is 0.0884. The Labute approximate surface area is 116 Å². The van der Waals surface area contributed by atoms with Crippen molar-refractivity contribution in [2.75, 3.05) is 7.11 Å². The maximum Gasteiger partial charge on any atom is 0.224 e. The van der Waals surface area contributed by atoms with Crippen LogP contribution in [-0.2, 0) is 14.3 Å². The van der Waals surface area contributed by atoms with Crippen LogP contribution in [0.15, 0.2) is 23.0 Å². The van der Waals surface area contributed by atoms with E-state index in [2.05, 4.69) is 0 Å². The van der Waals surface area contributed by atoms with E-state index in [1.165, 1.54) is 13.2 Å². The van der Waals surface area contributed by atoms with Crippen molar-refractivity contribution in [1.29, 1.82) is 0 Å². The molecule has 0 radical (unpaired) electrons. The van der Waals surface area contributed by atoms with Crippen LogP contribution in [0.3, 0.4) is 0 Å². The predicted molar refractivity (Wildman–Crippen MR) is 69.8 cm³/mol. The zero-order valence-electron chi connectivity index (χ0n) is 10.2. The smallest absolute Gasteiger partial charge is 0.224 e. The highest BCUT2D eigenvalue weighted by Gasteiger charge is 2.42. The lowest BCUT2D eigenvalue weighted by Crippen LogP contribution is -2.38. The molecule has 18 heavy (non-hydrogen) atoms. The molecule has 0 amide bonds. The molecule has 5 heteroatoms. The monoisotopic (exact) mass is 288 g/mol. The molecule has 3 atom stereocenters. The number of carbonyl (C=O) groups is 2. The number of Topliss-reactive ketones (excluding diaryl/α,β-unsaturated/α-hetero) is 1. The van der Waals surface area contributed by atoms with E-state index in [-0.39, 0.29) is 34.0 Å². The molecule has 1 unspecified atom stereocenters. The van der Waals surface area contributed by atoms with E-state index < -0.39 is 0 Å². The fourth-order valence-electron chi connectivity index (χ4n) is 2.59. The van der Waals surface area contributed by atoms with Gasteiger partial charge in [-0.1, -0.05) is 6.92 Å². The Morgan fingerprint density at radius 3 is 2.61 bits per heavy atom. The summed E-state index contributed by atoms with van der Waals surface area (Å²) < 4.78 is 4.93. The van der Waals surface area contributed by atoms with Crippen LogP contribution < -0.4 is 0 Å². The number of ketones is 2. The molecule has 0 aromatic heterocycles. The van der Waals surface area contributed by atoms with Crippen LogP contribution in [0.1, 0.15) is 19.8 Å². The van der Waals surface area contributed by atoms with Crippen LogP contribution in [0.2, 0.25) is 0 Å². The summed E-state index contributed by atoms with van der Waals surface area (Å²) in [5.74, 6) is -0.489. The van der Waals surface area contributed by atoms with E-state index in [9.17, 15) is 9.59 Å². The molecule has 0 bridgehead atoms. The van der Waals surface area contributed by atoms with Gasteiger partial charge in [-0.2, -0.15) is 0 Å². The van der Waals surface area contributed by atoms with Gasteiger partial charge in [-0.25, -0.2) is 0 Å². The number of allylic oxidation sites excluding steroid dienone is 3. The summed E-state index contributed by atoms with van der Waals surface area (Å²) >= 11 is 12.4. The Morgan fingerprint density at radius 2 is 2.06 bits per heavy atom. The van der Waals surface area contributed by atoms with Gasteiger partial charge in [0.25, 0.3) is 0 Å². The molecule has 98 valence electrons. The Morgan fingerprint density at radius 1 is 1.39 bits per heavy atom. The molecular formula is C13H14Cl2O3. The van der Waals surface area contributed by atoms with Crippen LogP contribution >= 0.6 is 23.2 Å². The van der Waals surface area contributed by atoms with Crippen molar-refractivity contribution in [3.8, 4) is 0 Å². The fraction of sp³-hybridized carbons (Fsp3) is 0.538. The summed E-state index contributed by atoms with van der Waals surface area (Å²) in [6.45, 7) is 1.94. The zero-order valence-corrected chi connectivity index (χ0v) is 11.7. The Bertz CT molecular complexity index is 465. The summed E-state index contributed by atoms with van der Waals surface area (Å²) in [4.78, 5) is 24.2. The molecule has 0 aromatic rings. The zero-order chi connectivity index (χ0) is 13.4. The summed E-state index contributed by atoms with van der Waals surface area (Å²) in [5, 5.41) is -0.645. The largest absolute Gasteiger partial charge is 0.493 e. The predicted octanol–water partition coefficient (Wildman–Crippen LogP) is 2.61. The standard InChI is InChI=1S/C13H14Cl2O3/c1-3-6-11-7(4-8(14)12(6)15)13(17)10(18-2)5-9(11)16/h5-6,8,12H,3-4H2,1-2H3/t6?,8-,12-/m0/s1. The minimum Gasteiger partial charge on any atom is -0.493 e. The lowest BCUT2D eigenvalue weighted by molar-refractivity contribution is -0.118. The van der Waals surface area contributed by atoms with E-state index in [4.69, 9.17) is 27.9 Å². The Balaban J connectivity index is 2.49. The van der Waals surface area contributed by atoms with Gasteiger partial charge < -0.3 is 4.74 Å². The first-order valence-electron chi connectivity index (χ1n) is 5.87. The van der Waals surface area contributed by atoms with Crippen LogP contribution in [0.4, 0.5) is 0 Å². The highest BCUT2D eigenvalue weighted by Crippen LogP contribution is 2.41. The van der Waals surface area contributed by atoms with Gasteiger partial charge in [0.05, 0.1) is 17.9 Å². The van der Waals surface area contributed by atoms with Crippen molar-refractivity contribution in [3.05, 3.63) is 23.0 Å². The lowest BCUT2D eigenvalue weighted by atomic mass is 9.75. The van der Waals surface area contributed by atoms with E-state index in [1.54, 1.807) is 0 Å². The molecule has 2 rings (SSSR count). The maximum atomic E-state index is 12.1. The van der Waals surface area contributed by atoms with Crippen molar-refractivity contribution in [2.45, 2.75) is 30.5 Å². The van der Waals surface area contributed by atoms with Crippen molar-refractivity contribution in [3.63, 3.8) is 0 Å². The van der Waals surface area contributed by atoms with Crippen molar-refractivity contribution in [1.82, 2.24) is 0 Å². The molecule has 0 saturated carbocycles. The number of carbonyl (C=O) groups excluding carboxylic acids is 2. The second-order valence-corrected chi connectivity index (χ2v) is 5.54. The second kappa shape index (κ2) is 5.06. The number of hydrogen-bond donors (Lipinski definition) is 0. The van der Waals surface area contributed by atoms with Gasteiger partial charge in [0.15, 0.2) is 11.5 Å². The molecule has 3 nitrogen and oxygen atoms in total. The SMILES string of the molecule is CCC1C2=C(C[C@H](Cl)[C@H]1Cl)C(=O)C(OC)=CC2=O. The van der Waals surface area contributed by atoms with Gasteiger partial charge in [-0.15, -0.1) is 23.2 Å². The van der Waals surface area contributed by atoms with Crippen molar-refractivity contribution < 1.29 is 14.3 Å². The van der Waals surface area contributed by atoms with E-state index in [0.29, 0.717) is 24.0 Å². The van der Waals surface area contributed by atoms with Gasteiger partial charge in [-0.3, -0.25) is 9.59 Å². The van der Waals surface area contributed by atoms with Gasteiger partial charge in [0.1, 0.15) is 0 Å². The number of methoxy groups -OCH3 is 1. The molecule has 0 aliphatic heterocycles. The average molecular weight is 289 g/mol. The maximum absolute atomic E-state index is 12.1. The molecule has 2 aliphatic rings. The molecular weight excluding hydrogens is 275 g/mol. The fourth-order valence-corrected chi connectivity index (χ4v) is 3.31. The van der Waals surface area contributed by atoms with Crippen LogP contribution in [-0.4, -0.2) is 29.4 Å². The van der Waals surface area contributed by atoms with E-state index in [0.717, 1.165) is 0 Å². The third-order valence-electron chi connectivity index (χ3n) is 3.51. The first-order chi connectivity index (χ1) is 8.51. The van der Waals surface area contributed by atoms with Crippen LogP contribution in [0.25, 0.3) is 0 Å². The Hall–Kier alpha value is -0.800. The van der Waals surface area contributed by atoms with Gasteiger partial charge >= 0.3 is 0 Å². The van der Waals surface area contributed by atoms with Crippen molar-refractivity contribution >= 4 is 34.8 Å². The number of alkyl halides is 2. The molecule has 0 aromatic carbocycles. The Kier molecular flexibility index (Phi) is 3.83. The van der Waals surface area contributed by atoms with Crippen molar-refractivity contribution in [2.24, 2.45) is 5.92 Å². The van der Waals surface area contributed by atoms with Crippen LogP contribution in [0.5, 0.6) is 0 Å². The third-order valence-corrected chi connectivity index (χ3v) is 4.67. The number of hydrogen-bond acceptors (Lipinski definition) is 3. The van der Waals surface area contributed by atoms with E-state index in [1.807, 2.05) is 6.92 Å². The lowest BCUT2D eigenvalue weighted by Gasteiger charge is -2.35.